The van der Waals surface area contributed by atoms with Crippen molar-refractivity contribution in [2.24, 2.45) is 5.92 Å². The average molecular weight is 284 g/mol. The molecule has 104 valence electrons. The molecule has 0 aromatic heterocycles. The molecule has 1 aromatic rings. The lowest BCUT2D eigenvalue weighted by atomic mass is 10.2. The number of nitro groups is 1. The molecule has 0 heterocycles. The Morgan fingerprint density at radius 2 is 2.05 bits per heavy atom. The highest BCUT2D eigenvalue weighted by Crippen LogP contribution is 2.36. The van der Waals surface area contributed by atoms with E-state index in [0.717, 1.165) is 25.2 Å². The molecule has 7 heteroatoms. The number of hydrogen-bond donors (Lipinski definition) is 1. The largest absolute Gasteiger partial charge is 0.377 e. The van der Waals surface area contributed by atoms with Gasteiger partial charge in [-0.2, -0.15) is 0 Å². The summed E-state index contributed by atoms with van der Waals surface area (Å²) >= 11 is 0. The van der Waals surface area contributed by atoms with E-state index in [1.54, 1.807) is 0 Å². The fraction of sp³-hybridized carbons (Fsp3) is 0.500. The van der Waals surface area contributed by atoms with E-state index in [1.165, 1.54) is 12.1 Å². The van der Waals surface area contributed by atoms with E-state index in [4.69, 9.17) is 0 Å². The lowest BCUT2D eigenvalue weighted by Crippen LogP contribution is -2.18. The number of sulfone groups is 1. The van der Waals surface area contributed by atoms with Crippen molar-refractivity contribution in [3.63, 3.8) is 0 Å². The van der Waals surface area contributed by atoms with Crippen molar-refractivity contribution in [1.29, 1.82) is 0 Å². The van der Waals surface area contributed by atoms with Crippen LogP contribution < -0.4 is 5.32 Å². The van der Waals surface area contributed by atoms with Gasteiger partial charge in [-0.3, -0.25) is 10.1 Å². The van der Waals surface area contributed by atoms with Crippen molar-refractivity contribution in [1.82, 2.24) is 0 Å². The fourth-order valence-corrected chi connectivity index (χ4v) is 2.62. The van der Waals surface area contributed by atoms with E-state index in [-0.39, 0.29) is 16.6 Å². The van der Waals surface area contributed by atoms with Crippen molar-refractivity contribution in [2.45, 2.75) is 30.7 Å². The van der Waals surface area contributed by atoms with Gasteiger partial charge in [-0.15, -0.1) is 0 Å². The van der Waals surface area contributed by atoms with Gasteiger partial charge in [0.1, 0.15) is 5.69 Å². The molecule has 1 aliphatic carbocycles. The van der Waals surface area contributed by atoms with Crippen LogP contribution in [-0.2, 0) is 9.84 Å². The molecule has 0 saturated heterocycles. The van der Waals surface area contributed by atoms with E-state index in [1.807, 2.05) is 6.92 Å². The third-order valence-corrected chi connectivity index (χ3v) is 4.42. The minimum Gasteiger partial charge on any atom is -0.377 e. The van der Waals surface area contributed by atoms with Crippen molar-refractivity contribution < 1.29 is 13.3 Å². The fourth-order valence-electron chi connectivity index (χ4n) is 1.97. The van der Waals surface area contributed by atoms with Gasteiger partial charge in [0.15, 0.2) is 9.84 Å². The third-order valence-electron chi connectivity index (χ3n) is 3.31. The van der Waals surface area contributed by atoms with E-state index in [0.29, 0.717) is 11.6 Å². The van der Waals surface area contributed by atoms with E-state index < -0.39 is 14.8 Å². The maximum absolute atomic E-state index is 11.4. The first-order valence-corrected chi connectivity index (χ1v) is 7.93. The molecule has 1 aliphatic rings. The molecule has 0 spiro atoms. The monoisotopic (exact) mass is 284 g/mol. The number of nitrogens with zero attached hydrogens (tertiary/aromatic N) is 1. The zero-order valence-electron chi connectivity index (χ0n) is 10.8. The summed E-state index contributed by atoms with van der Waals surface area (Å²) in [4.78, 5) is 10.4. The topological polar surface area (TPSA) is 89.3 Å². The highest BCUT2D eigenvalue weighted by molar-refractivity contribution is 7.90. The molecule has 1 atom stereocenters. The Bertz CT molecular complexity index is 608. The van der Waals surface area contributed by atoms with Crippen LogP contribution >= 0.6 is 0 Å². The van der Waals surface area contributed by atoms with Crippen LogP contribution in [-0.4, -0.2) is 25.6 Å². The third kappa shape index (κ3) is 3.23. The van der Waals surface area contributed by atoms with Crippen molar-refractivity contribution in [2.75, 3.05) is 11.6 Å². The lowest BCUT2D eigenvalue weighted by Gasteiger charge is -2.14. The average Bonchev–Trinajstić information content (AvgIpc) is 3.11. The molecule has 0 amide bonds. The van der Waals surface area contributed by atoms with Crippen LogP contribution in [0, 0.1) is 16.0 Å². The Labute approximate surface area is 111 Å². The molecule has 19 heavy (non-hydrogen) atoms. The van der Waals surface area contributed by atoms with E-state index in [2.05, 4.69) is 5.32 Å². The van der Waals surface area contributed by atoms with Crippen molar-refractivity contribution >= 4 is 21.2 Å². The first-order valence-electron chi connectivity index (χ1n) is 6.04. The van der Waals surface area contributed by atoms with Gasteiger partial charge >= 0.3 is 0 Å². The van der Waals surface area contributed by atoms with E-state index >= 15 is 0 Å². The Morgan fingerprint density at radius 1 is 1.42 bits per heavy atom. The van der Waals surface area contributed by atoms with Crippen LogP contribution in [0.3, 0.4) is 0 Å². The zero-order valence-corrected chi connectivity index (χ0v) is 11.6. The van der Waals surface area contributed by atoms with Crippen molar-refractivity contribution in [3.05, 3.63) is 28.3 Å². The lowest BCUT2D eigenvalue weighted by molar-refractivity contribution is -0.384. The maximum Gasteiger partial charge on any atom is 0.293 e. The molecule has 1 saturated carbocycles. The highest BCUT2D eigenvalue weighted by atomic mass is 32.2. The number of hydrogen-bond acceptors (Lipinski definition) is 5. The molecule has 0 bridgehead atoms. The van der Waals surface area contributed by atoms with E-state index in [9.17, 15) is 18.5 Å². The Morgan fingerprint density at radius 3 is 2.53 bits per heavy atom. The van der Waals surface area contributed by atoms with Crippen LogP contribution in [0.15, 0.2) is 23.1 Å². The van der Waals surface area contributed by atoms with Gasteiger partial charge in [0, 0.05) is 18.4 Å². The zero-order chi connectivity index (χ0) is 14.2. The first-order chi connectivity index (χ1) is 8.79. The predicted octanol–water partition coefficient (Wildman–Crippen LogP) is 2.21. The molecule has 0 aliphatic heterocycles. The minimum absolute atomic E-state index is 0.0381. The second-order valence-electron chi connectivity index (χ2n) is 4.98. The number of rotatable bonds is 5. The summed E-state index contributed by atoms with van der Waals surface area (Å²) in [5.41, 5.74) is 0.173. The maximum atomic E-state index is 11.4. The first kappa shape index (κ1) is 13.8. The summed E-state index contributed by atoms with van der Waals surface area (Å²) in [6, 6.07) is 4.12. The number of nitro benzene ring substituents is 1. The quantitative estimate of drug-likeness (QED) is 0.661. The Kier molecular flexibility index (Phi) is 3.49. The molecule has 1 N–H and O–H groups in total. The summed E-state index contributed by atoms with van der Waals surface area (Å²) in [6.07, 6.45) is 3.29. The highest BCUT2D eigenvalue weighted by Gasteiger charge is 2.29. The molecule has 0 radical (unpaired) electrons. The Balaban J connectivity index is 2.35. The summed E-state index contributed by atoms with van der Waals surface area (Å²) in [5.74, 6) is 0.550. The number of benzene rings is 1. The molecule has 2 rings (SSSR count). The minimum atomic E-state index is -3.44. The molecule has 0 unspecified atom stereocenters. The van der Waals surface area contributed by atoms with Gasteiger partial charge in [-0.1, -0.05) is 0 Å². The van der Waals surface area contributed by atoms with Crippen LogP contribution in [0.25, 0.3) is 0 Å². The summed E-state index contributed by atoms with van der Waals surface area (Å²) in [7, 11) is -3.44. The van der Waals surface area contributed by atoms with Gasteiger partial charge in [-0.05, 0) is 37.8 Å². The summed E-state index contributed by atoms with van der Waals surface area (Å²) < 4.78 is 22.8. The SMILES string of the molecule is C[C@H](Nc1ccc(S(C)(=O)=O)cc1[N+](=O)[O-])C1CC1. The molecule has 6 nitrogen and oxygen atoms in total. The van der Waals surface area contributed by atoms with Crippen molar-refractivity contribution in [3.8, 4) is 0 Å². The standard InChI is InChI=1S/C12H16N2O4S/c1-8(9-3-4-9)13-11-6-5-10(19(2,17)18)7-12(11)14(15)16/h5-9,13H,3-4H2,1-2H3/t8-/m0/s1. The number of anilines is 1. The van der Waals surface area contributed by atoms with Gasteiger partial charge in [0.25, 0.3) is 5.69 Å². The number of nitrogens with one attached hydrogen (secondary N) is 1. The summed E-state index contributed by atoms with van der Waals surface area (Å²) in [5, 5.41) is 14.1. The van der Waals surface area contributed by atoms with Gasteiger partial charge in [0.05, 0.1) is 9.82 Å². The normalized spacial score (nSPS) is 16.9. The molecular weight excluding hydrogens is 268 g/mol. The Hall–Kier alpha value is -1.63. The smallest absolute Gasteiger partial charge is 0.293 e. The van der Waals surface area contributed by atoms with Crippen LogP contribution in [0.4, 0.5) is 11.4 Å². The molecule has 1 aromatic carbocycles. The second-order valence-corrected chi connectivity index (χ2v) is 6.99. The van der Waals surface area contributed by atoms with Gasteiger partial charge in [-0.25, -0.2) is 8.42 Å². The molecular formula is C12H16N2O4S. The van der Waals surface area contributed by atoms with Crippen LogP contribution in [0.2, 0.25) is 0 Å². The van der Waals surface area contributed by atoms with Crippen LogP contribution in [0.1, 0.15) is 19.8 Å². The molecule has 1 fully saturated rings. The second kappa shape index (κ2) is 4.80. The van der Waals surface area contributed by atoms with Crippen LogP contribution in [0.5, 0.6) is 0 Å². The van der Waals surface area contributed by atoms with Gasteiger partial charge < -0.3 is 5.32 Å². The summed E-state index contributed by atoms with van der Waals surface area (Å²) in [6.45, 7) is 1.98. The predicted molar refractivity (Wildman–Crippen MR) is 72.0 cm³/mol. The van der Waals surface area contributed by atoms with Gasteiger partial charge in [0.2, 0.25) is 0 Å².